The number of benzene rings is 1. The van der Waals surface area contributed by atoms with Crippen LogP contribution in [0.5, 0.6) is 5.75 Å². The fourth-order valence-electron chi connectivity index (χ4n) is 2.51. The summed E-state index contributed by atoms with van der Waals surface area (Å²) in [5.74, 6) is 3.46. The minimum Gasteiger partial charge on any atom is -0.487 e. The van der Waals surface area contributed by atoms with Crippen molar-refractivity contribution in [3.63, 3.8) is 0 Å². The molecule has 0 N–H and O–H groups in total. The lowest BCUT2D eigenvalue weighted by atomic mass is 10.1. The third-order valence-electron chi connectivity index (χ3n) is 3.78. The van der Waals surface area contributed by atoms with Crippen molar-refractivity contribution >= 4 is 11.3 Å². The highest BCUT2D eigenvalue weighted by Gasteiger charge is 2.13. The Morgan fingerprint density at radius 3 is 2.73 bits per heavy atom. The SMILES string of the molecule is C#Cc1cscc1OCc1ccccc1CN1CCOCC1. The molecule has 4 heteroatoms. The zero-order valence-corrected chi connectivity index (χ0v) is 13.3. The highest BCUT2D eigenvalue weighted by Crippen LogP contribution is 2.24. The first kappa shape index (κ1) is 15.1. The summed E-state index contributed by atoms with van der Waals surface area (Å²) in [7, 11) is 0. The van der Waals surface area contributed by atoms with Gasteiger partial charge in [0.1, 0.15) is 12.4 Å². The summed E-state index contributed by atoms with van der Waals surface area (Å²) in [6.45, 7) is 5.10. The molecule has 0 bridgehead atoms. The molecule has 3 rings (SSSR count). The molecule has 1 aromatic heterocycles. The van der Waals surface area contributed by atoms with E-state index in [1.807, 2.05) is 10.8 Å². The zero-order chi connectivity index (χ0) is 15.2. The molecular weight excluding hydrogens is 294 g/mol. The molecule has 0 saturated carbocycles. The number of thiophene rings is 1. The van der Waals surface area contributed by atoms with Crippen molar-refractivity contribution in [3.05, 3.63) is 51.7 Å². The van der Waals surface area contributed by atoms with E-state index in [4.69, 9.17) is 15.9 Å². The summed E-state index contributed by atoms with van der Waals surface area (Å²) < 4.78 is 11.3. The maximum Gasteiger partial charge on any atom is 0.146 e. The lowest BCUT2D eigenvalue weighted by Crippen LogP contribution is -2.35. The third kappa shape index (κ3) is 3.69. The first-order valence-electron chi connectivity index (χ1n) is 7.39. The van der Waals surface area contributed by atoms with Gasteiger partial charge >= 0.3 is 0 Å². The van der Waals surface area contributed by atoms with E-state index in [1.54, 1.807) is 11.3 Å². The molecule has 22 heavy (non-hydrogen) atoms. The van der Waals surface area contributed by atoms with Crippen LogP contribution in [-0.2, 0) is 17.9 Å². The van der Waals surface area contributed by atoms with Gasteiger partial charge in [-0.05, 0) is 11.1 Å². The summed E-state index contributed by atoms with van der Waals surface area (Å²) in [5.41, 5.74) is 3.35. The van der Waals surface area contributed by atoms with Gasteiger partial charge in [0.05, 0.1) is 18.8 Å². The van der Waals surface area contributed by atoms with Gasteiger partial charge in [0.15, 0.2) is 0 Å². The lowest BCUT2D eigenvalue weighted by Gasteiger charge is -2.27. The van der Waals surface area contributed by atoms with E-state index in [2.05, 4.69) is 35.1 Å². The number of rotatable bonds is 5. The van der Waals surface area contributed by atoms with E-state index in [0.717, 1.165) is 44.2 Å². The van der Waals surface area contributed by atoms with Crippen LogP contribution in [0.15, 0.2) is 35.0 Å². The van der Waals surface area contributed by atoms with E-state index in [9.17, 15) is 0 Å². The van der Waals surface area contributed by atoms with Gasteiger partial charge in [-0.1, -0.05) is 30.2 Å². The van der Waals surface area contributed by atoms with Gasteiger partial charge < -0.3 is 9.47 Å². The van der Waals surface area contributed by atoms with Crippen molar-refractivity contribution in [1.82, 2.24) is 4.90 Å². The van der Waals surface area contributed by atoms with Crippen LogP contribution >= 0.6 is 11.3 Å². The second kappa shape index (κ2) is 7.46. The molecule has 0 spiro atoms. The molecule has 1 aliphatic heterocycles. The number of hydrogen-bond acceptors (Lipinski definition) is 4. The van der Waals surface area contributed by atoms with Gasteiger partial charge in [0, 0.05) is 30.4 Å². The van der Waals surface area contributed by atoms with Crippen molar-refractivity contribution in [3.8, 4) is 18.1 Å². The van der Waals surface area contributed by atoms with Crippen molar-refractivity contribution in [2.45, 2.75) is 13.2 Å². The molecule has 0 amide bonds. The van der Waals surface area contributed by atoms with Crippen molar-refractivity contribution in [2.75, 3.05) is 26.3 Å². The lowest BCUT2D eigenvalue weighted by molar-refractivity contribution is 0.0339. The Bertz CT molecular complexity index is 653. The predicted molar refractivity (Wildman–Crippen MR) is 89.1 cm³/mol. The van der Waals surface area contributed by atoms with Gasteiger partial charge in [-0.2, -0.15) is 0 Å². The van der Waals surface area contributed by atoms with Crippen LogP contribution in [-0.4, -0.2) is 31.2 Å². The topological polar surface area (TPSA) is 21.7 Å². The van der Waals surface area contributed by atoms with E-state index in [-0.39, 0.29) is 0 Å². The highest BCUT2D eigenvalue weighted by molar-refractivity contribution is 7.08. The number of terminal acetylenes is 1. The van der Waals surface area contributed by atoms with Crippen molar-refractivity contribution in [1.29, 1.82) is 0 Å². The van der Waals surface area contributed by atoms with E-state index in [1.165, 1.54) is 11.1 Å². The normalized spacial score (nSPS) is 15.4. The quantitative estimate of drug-likeness (QED) is 0.792. The smallest absolute Gasteiger partial charge is 0.146 e. The minimum absolute atomic E-state index is 0.548. The van der Waals surface area contributed by atoms with Gasteiger partial charge in [-0.3, -0.25) is 4.90 Å². The zero-order valence-electron chi connectivity index (χ0n) is 12.5. The number of nitrogens with zero attached hydrogens (tertiary/aromatic N) is 1. The van der Waals surface area contributed by atoms with Crippen molar-refractivity contribution < 1.29 is 9.47 Å². The maximum absolute atomic E-state index is 5.91. The molecule has 1 aliphatic rings. The average Bonchev–Trinajstić information content (AvgIpc) is 3.02. The fraction of sp³-hybridized carbons (Fsp3) is 0.333. The van der Waals surface area contributed by atoms with Crippen LogP contribution in [0.1, 0.15) is 16.7 Å². The first-order valence-corrected chi connectivity index (χ1v) is 8.33. The maximum atomic E-state index is 5.91. The molecule has 0 atom stereocenters. The Balaban J connectivity index is 1.67. The average molecular weight is 313 g/mol. The molecule has 0 radical (unpaired) electrons. The Morgan fingerprint density at radius 1 is 1.18 bits per heavy atom. The molecule has 1 saturated heterocycles. The largest absolute Gasteiger partial charge is 0.487 e. The highest BCUT2D eigenvalue weighted by atomic mass is 32.1. The summed E-state index contributed by atoms with van der Waals surface area (Å²) in [5, 5.41) is 3.90. The molecule has 1 aromatic carbocycles. The van der Waals surface area contributed by atoms with E-state index >= 15 is 0 Å². The van der Waals surface area contributed by atoms with Gasteiger partial charge in [-0.25, -0.2) is 0 Å². The summed E-state index contributed by atoms with van der Waals surface area (Å²) in [4.78, 5) is 2.42. The number of morpholine rings is 1. The van der Waals surface area contributed by atoms with Crippen LogP contribution in [0.2, 0.25) is 0 Å². The van der Waals surface area contributed by atoms with Gasteiger partial charge in [0.2, 0.25) is 0 Å². The summed E-state index contributed by atoms with van der Waals surface area (Å²) in [6.07, 6.45) is 5.48. The molecule has 2 aromatic rings. The third-order valence-corrected chi connectivity index (χ3v) is 4.50. The molecule has 1 fully saturated rings. The Morgan fingerprint density at radius 2 is 1.95 bits per heavy atom. The first-order chi connectivity index (χ1) is 10.9. The standard InChI is InChI=1S/C18H19NO2S/c1-2-15-13-22-14-18(15)21-12-17-6-4-3-5-16(17)11-19-7-9-20-10-8-19/h1,3-6,13-14H,7-12H2. The van der Waals surface area contributed by atoms with Crippen molar-refractivity contribution in [2.24, 2.45) is 0 Å². The Labute approximate surface area is 135 Å². The fourth-order valence-corrected chi connectivity index (χ4v) is 3.22. The predicted octanol–water partition coefficient (Wildman–Crippen LogP) is 3.14. The van der Waals surface area contributed by atoms with Gasteiger partial charge in [-0.15, -0.1) is 17.8 Å². The molecule has 2 heterocycles. The second-order valence-corrected chi connectivity index (χ2v) is 5.98. The number of ether oxygens (including phenoxy) is 2. The second-order valence-electron chi connectivity index (χ2n) is 5.24. The van der Waals surface area contributed by atoms with Crippen LogP contribution in [0.4, 0.5) is 0 Å². The van der Waals surface area contributed by atoms with E-state index < -0.39 is 0 Å². The summed E-state index contributed by atoms with van der Waals surface area (Å²) >= 11 is 1.57. The van der Waals surface area contributed by atoms with Gasteiger partial charge in [0.25, 0.3) is 0 Å². The number of hydrogen-bond donors (Lipinski definition) is 0. The minimum atomic E-state index is 0.548. The molecule has 0 unspecified atom stereocenters. The molecule has 114 valence electrons. The molecular formula is C18H19NO2S. The Hall–Kier alpha value is -1.80. The van der Waals surface area contributed by atoms with Crippen LogP contribution in [0.3, 0.4) is 0 Å². The van der Waals surface area contributed by atoms with Crippen LogP contribution in [0, 0.1) is 12.3 Å². The summed E-state index contributed by atoms with van der Waals surface area (Å²) in [6, 6.07) is 8.43. The Kier molecular flexibility index (Phi) is 5.12. The van der Waals surface area contributed by atoms with E-state index in [0.29, 0.717) is 6.61 Å². The molecule has 0 aliphatic carbocycles. The van der Waals surface area contributed by atoms with Crippen LogP contribution < -0.4 is 4.74 Å². The molecule has 3 nitrogen and oxygen atoms in total. The monoisotopic (exact) mass is 313 g/mol. The van der Waals surface area contributed by atoms with Crippen LogP contribution in [0.25, 0.3) is 0 Å².